The molecule has 1 N–H and O–H groups in total. The second-order valence-electron chi connectivity index (χ2n) is 5.13. The van der Waals surface area contributed by atoms with Gasteiger partial charge in [-0.1, -0.05) is 15.9 Å². The normalized spacial score (nSPS) is 19.0. The van der Waals surface area contributed by atoms with E-state index in [-0.39, 0.29) is 12.1 Å². The first-order valence-corrected chi connectivity index (χ1v) is 8.72. The van der Waals surface area contributed by atoms with Crippen LogP contribution in [0.1, 0.15) is 31.9 Å². The fourth-order valence-electron chi connectivity index (χ4n) is 2.27. The molecule has 1 unspecified atom stereocenters. The van der Waals surface area contributed by atoms with Gasteiger partial charge in [0.2, 0.25) is 0 Å². The molecule has 20 heavy (non-hydrogen) atoms. The van der Waals surface area contributed by atoms with Crippen LogP contribution in [0.25, 0.3) is 0 Å². The van der Waals surface area contributed by atoms with E-state index in [1.54, 1.807) is 20.9 Å². The Morgan fingerprint density at radius 1 is 1.45 bits per heavy atom. The van der Waals surface area contributed by atoms with E-state index >= 15 is 0 Å². The van der Waals surface area contributed by atoms with Crippen molar-refractivity contribution in [3.05, 3.63) is 28.2 Å². The minimum absolute atomic E-state index is 0.135. The Morgan fingerprint density at radius 2 is 2.15 bits per heavy atom. The Bertz CT molecular complexity index is 589. The smallest absolute Gasteiger partial charge is 0.279 e. The molecule has 0 radical (unpaired) electrons. The molecule has 1 aliphatic rings. The lowest BCUT2D eigenvalue weighted by Gasteiger charge is -2.33. The quantitative estimate of drug-likeness (QED) is 0.894. The van der Waals surface area contributed by atoms with Gasteiger partial charge in [0.15, 0.2) is 0 Å². The Morgan fingerprint density at radius 3 is 2.80 bits per heavy atom. The first-order chi connectivity index (χ1) is 9.31. The van der Waals surface area contributed by atoms with Crippen LogP contribution in [-0.4, -0.2) is 32.4 Å². The van der Waals surface area contributed by atoms with Crippen LogP contribution >= 0.6 is 15.9 Å². The highest BCUT2D eigenvalue weighted by molar-refractivity contribution is 9.10. The van der Waals surface area contributed by atoms with Crippen molar-refractivity contribution in [2.24, 2.45) is 0 Å². The summed E-state index contributed by atoms with van der Waals surface area (Å²) in [6, 6.07) is 5.32. The topological polar surface area (TPSA) is 58.6 Å². The van der Waals surface area contributed by atoms with Gasteiger partial charge in [-0.2, -0.15) is 17.4 Å². The van der Waals surface area contributed by atoms with Crippen molar-refractivity contribution >= 4 is 26.1 Å². The van der Waals surface area contributed by atoms with Crippen molar-refractivity contribution in [2.45, 2.75) is 32.4 Å². The molecular formula is C13H19BrN2O3S. The first-order valence-electron chi connectivity index (χ1n) is 6.49. The van der Waals surface area contributed by atoms with Gasteiger partial charge in [-0.3, -0.25) is 0 Å². The van der Waals surface area contributed by atoms with Gasteiger partial charge in [-0.15, -0.1) is 0 Å². The molecular weight excluding hydrogens is 344 g/mol. The summed E-state index contributed by atoms with van der Waals surface area (Å²) in [5.74, 6) is 0.746. The van der Waals surface area contributed by atoms with Crippen molar-refractivity contribution in [3.63, 3.8) is 0 Å². The van der Waals surface area contributed by atoms with E-state index in [9.17, 15) is 8.42 Å². The van der Waals surface area contributed by atoms with E-state index < -0.39 is 10.2 Å². The Balaban J connectivity index is 2.33. The molecule has 0 saturated carbocycles. The second-order valence-corrected chi connectivity index (χ2v) is 7.81. The summed E-state index contributed by atoms with van der Waals surface area (Å²) in [6.45, 7) is 4.13. The molecule has 1 atom stereocenters. The maximum atomic E-state index is 12.3. The first kappa shape index (κ1) is 15.8. The van der Waals surface area contributed by atoms with Gasteiger partial charge >= 0.3 is 0 Å². The zero-order valence-electron chi connectivity index (χ0n) is 11.8. The van der Waals surface area contributed by atoms with Crippen LogP contribution in [0.15, 0.2) is 22.7 Å². The Kier molecular flexibility index (Phi) is 4.73. The molecule has 2 rings (SSSR count). The van der Waals surface area contributed by atoms with Gasteiger partial charge in [0, 0.05) is 29.5 Å². The maximum Gasteiger partial charge on any atom is 0.279 e. The summed E-state index contributed by atoms with van der Waals surface area (Å²) >= 11 is 3.42. The summed E-state index contributed by atoms with van der Waals surface area (Å²) in [5, 5.41) is 0. The number of hydrogen-bond donors (Lipinski definition) is 1. The molecule has 0 amide bonds. The van der Waals surface area contributed by atoms with Crippen LogP contribution in [0.5, 0.6) is 5.75 Å². The Labute approximate surface area is 128 Å². The molecule has 0 aromatic heterocycles. The zero-order valence-corrected chi connectivity index (χ0v) is 14.2. The number of ether oxygens (including phenoxy) is 1. The lowest BCUT2D eigenvalue weighted by molar-refractivity contribution is 0.219. The van der Waals surface area contributed by atoms with Gasteiger partial charge in [-0.05, 0) is 32.0 Å². The molecule has 1 aromatic carbocycles. The van der Waals surface area contributed by atoms with E-state index in [1.807, 2.05) is 18.2 Å². The molecule has 0 fully saturated rings. The highest BCUT2D eigenvalue weighted by Gasteiger charge is 2.32. The molecule has 5 nitrogen and oxygen atoms in total. The monoisotopic (exact) mass is 362 g/mol. The van der Waals surface area contributed by atoms with Crippen molar-refractivity contribution in [3.8, 4) is 5.75 Å². The number of benzene rings is 1. The highest BCUT2D eigenvalue weighted by atomic mass is 79.9. The third-order valence-corrected chi connectivity index (χ3v) is 5.46. The Hall–Kier alpha value is -0.630. The van der Waals surface area contributed by atoms with Crippen LogP contribution < -0.4 is 9.46 Å². The summed E-state index contributed by atoms with van der Waals surface area (Å²) in [7, 11) is -1.90. The van der Waals surface area contributed by atoms with Gasteiger partial charge in [0.25, 0.3) is 10.2 Å². The summed E-state index contributed by atoms with van der Waals surface area (Å²) in [6.07, 6.45) is 0.638. The number of halogens is 1. The average molecular weight is 363 g/mol. The molecule has 112 valence electrons. The average Bonchev–Trinajstić information content (AvgIpc) is 2.35. The van der Waals surface area contributed by atoms with E-state index in [0.29, 0.717) is 13.0 Å². The molecule has 1 aliphatic heterocycles. The van der Waals surface area contributed by atoms with Crippen LogP contribution in [0.2, 0.25) is 0 Å². The van der Waals surface area contributed by atoms with Gasteiger partial charge in [0.1, 0.15) is 5.75 Å². The minimum Gasteiger partial charge on any atom is -0.493 e. The van der Waals surface area contributed by atoms with Crippen LogP contribution in [0, 0.1) is 0 Å². The van der Waals surface area contributed by atoms with Crippen molar-refractivity contribution in [2.75, 3.05) is 13.7 Å². The second kappa shape index (κ2) is 6.01. The molecule has 1 heterocycles. The summed E-state index contributed by atoms with van der Waals surface area (Å²) < 4.78 is 35.1. The number of nitrogens with zero attached hydrogens (tertiary/aromatic N) is 1. The molecule has 0 aliphatic carbocycles. The van der Waals surface area contributed by atoms with Gasteiger partial charge < -0.3 is 4.74 Å². The fraction of sp³-hybridized carbons (Fsp3) is 0.538. The molecule has 0 spiro atoms. The number of rotatable bonds is 4. The predicted octanol–water partition coefficient (Wildman–Crippen LogP) is 2.45. The van der Waals surface area contributed by atoms with Crippen LogP contribution in [-0.2, 0) is 10.2 Å². The minimum atomic E-state index is -3.50. The molecule has 0 bridgehead atoms. The third kappa shape index (κ3) is 3.33. The van der Waals surface area contributed by atoms with Crippen LogP contribution in [0.4, 0.5) is 0 Å². The largest absolute Gasteiger partial charge is 0.493 e. The summed E-state index contributed by atoms with van der Waals surface area (Å²) in [4.78, 5) is 0. The zero-order chi connectivity index (χ0) is 14.9. The SMILES string of the molecule is CC(C)NS(=O)(=O)N(C)C1CCOc2ccc(Br)cc21. The maximum absolute atomic E-state index is 12.3. The number of fused-ring (bicyclic) bond motifs is 1. The standard InChI is InChI=1S/C13H19BrN2O3S/c1-9(2)15-20(17,18)16(3)12-6-7-19-13-5-4-10(14)8-11(12)13/h4-5,8-9,12,15H,6-7H2,1-3H3. The van der Waals surface area contributed by atoms with Crippen LogP contribution in [0.3, 0.4) is 0 Å². The third-order valence-electron chi connectivity index (χ3n) is 3.18. The lowest BCUT2D eigenvalue weighted by atomic mass is 10.0. The number of nitrogens with one attached hydrogen (secondary N) is 1. The predicted molar refractivity (Wildman–Crippen MR) is 81.9 cm³/mol. The van der Waals surface area contributed by atoms with E-state index in [2.05, 4.69) is 20.7 Å². The molecule has 7 heteroatoms. The fourth-order valence-corrected chi connectivity index (χ4v) is 3.97. The molecule has 1 aromatic rings. The molecule has 0 saturated heterocycles. The van der Waals surface area contributed by atoms with E-state index in [4.69, 9.17) is 4.74 Å². The van der Waals surface area contributed by atoms with Gasteiger partial charge in [-0.25, -0.2) is 0 Å². The summed E-state index contributed by atoms with van der Waals surface area (Å²) in [5.41, 5.74) is 0.891. The van der Waals surface area contributed by atoms with Crippen molar-refractivity contribution in [1.29, 1.82) is 0 Å². The van der Waals surface area contributed by atoms with Crippen molar-refractivity contribution < 1.29 is 13.2 Å². The van der Waals surface area contributed by atoms with Gasteiger partial charge in [0.05, 0.1) is 12.6 Å². The highest BCUT2D eigenvalue weighted by Crippen LogP contribution is 2.37. The number of hydrogen-bond acceptors (Lipinski definition) is 3. The van der Waals surface area contributed by atoms with E-state index in [0.717, 1.165) is 15.8 Å². The van der Waals surface area contributed by atoms with Crippen molar-refractivity contribution in [1.82, 2.24) is 9.03 Å². The van der Waals surface area contributed by atoms with E-state index in [1.165, 1.54) is 4.31 Å². The lowest BCUT2D eigenvalue weighted by Crippen LogP contribution is -2.44.